The van der Waals surface area contributed by atoms with Crippen molar-refractivity contribution in [3.05, 3.63) is 162 Å². The van der Waals surface area contributed by atoms with Gasteiger partial charge in [-0.25, -0.2) is 21.1 Å². The maximum atomic E-state index is 16.3. The lowest BCUT2D eigenvalue weighted by molar-refractivity contribution is -0.144. The molecule has 504 valence electrons. The fourth-order valence-electron chi connectivity index (χ4n) is 13.1. The number of hydrogen-bond donors (Lipinski definition) is 3. The monoisotopic (exact) mass is 1350 g/mol. The van der Waals surface area contributed by atoms with Crippen LogP contribution in [0.2, 0.25) is 0 Å². The van der Waals surface area contributed by atoms with Gasteiger partial charge in [0, 0.05) is 101 Å². The number of anilines is 3. The molecule has 3 saturated heterocycles. The van der Waals surface area contributed by atoms with Crippen molar-refractivity contribution >= 4 is 72.6 Å². The highest BCUT2D eigenvalue weighted by atomic mass is 32.2. The van der Waals surface area contributed by atoms with Crippen LogP contribution < -0.4 is 8.61 Å². The van der Waals surface area contributed by atoms with Crippen LogP contribution in [-0.2, 0) is 34.4 Å². The van der Waals surface area contributed by atoms with Gasteiger partial charge in [0.2, 0.25) is 20.0 Å². The number of carbonyl (C=O) groups is 6. The maximum absolute atomic E-state index is 16.3. The van der Waals surface area contributed by atoms with Gasteiger partial charge in [-0.05, 0) is 146 Å². The van der Waals surface area contributed by atoms with Crippen LogP contribution in [0.5, 0.6) is 0 Å². The average Bonchev–Trinajstić information content (AvgIpc) is 1.53. The van der Waals surface area contributed by atoms with Crippen molar-refractivity contribution in [3.8, 4) is 33.4 Å². The quantitative estimate of drug-likeness (QED) is 0.0792. The molecule has 4 aliphatic carbocycles. The number of halogens is 3. The topological polar surface area (TPSA) is 257 Å². The molecule has 13 rings (SSSR count). The second-order valence-corrected chi connectivity index (χ2v) is 30.7. The summed E-state index contributed by atoms with van der Waals surface area (Å²) in [5.41, 5.74) is -0.0683. The van der Waals surface area contributed by atoms with Crippen LogP contribution in [0.1, 0.15) is 89.4 Å². The molecule has 0 spiro atoms. The largest absolute Gasteiger partial charge is 0.390 e. The predicted molar refractivity (Wildman–Crippen MR) is 350 cm³/mol. The fourth-order valence-corrected chi connectivity index (χ4v) is 17.1. The highest BCUT2D eigenvalue weighted by molar-refractivity contribution is 7.95. The molecule has 21 nitrogen and oxygen atoms in total. The first-order chi connectivity index (χ1) is 45.6. The molecule has 6 amide bonds. The fraction of sp³-hybridized carbons (Fsp3) is 0.400. The van der Waals surface area contributed by atoms with Gasteiger partial charge in [0.05, 0.1) is 35.3 Å². The molecule has 4 saturated carbocycles. The summed E-state index contributed by atoms with van der Waals surface area (Å²) in [6, 6.07) is 37.4. The summed E-state index contributed by atoms with van der Waals surface area (Å²) in [6.45, 7) is 4.35. The van der Waals surface area contributed by atoms with E-state index in [-0.39, 0.29) is 137 Å². The first kappa shape index (κ1) is 65.9. The third-order valence-corrected chi connectivity index (χ3v) is 24.1. The number of benzene rings is 6. The van der Waals surface area contributed by atoms with Gasteiger partial charge in [-0.2, -0.15) is 13.2 Å². The molecule has 3 N–H and O–H groups in total. The molecule has 26 heteroatoms. The van der Waals surface area contributed by atoms with Crippen molar-refractivity contribution in [1.29, 1.82) is 0 Å². The summed E-state index contributed by atoms with van der Waals surface area (Å²) in [4.78, 5) is 89.4. The minimum Gasteiger partial charge on any atom is -0.380 e. The number of aliphatic hydroxyl groups is 3. The Morgan fingerprint density at radius 1 is 0.458 bits per heavy atom. The van der Waals surface area contributed by atoms with E-state index in [9.17, 15) is 65.7 Å². The first-order valence-electron chi connectivity index (χ1n) is 32.3. The van der Waals surface area contributed by atoms with Crippen LogP contribution in [0.4, 0.5) is 30.2 Å². The summed E-state index contributed by atoms with van der Waals surface area (Å²) in [5, 5.41) is 31.2. The van der Waals surface area contributed by atoms with Gasteiger partial charge >= 0.3 is 6.18 Å². The number of nitrogens with zero attached hydrogens (tertiary/aromatic N) is 8. The molecule has 96 heavy (non-hydrogen) atoms. The van der Waals surface area contributed by atoms with E-state index in [2.05, 4.69) is 0 Å². The van der Waals surface area contributed by atoms with Crippen molar-refractivity contribution in [2.24, 2.45) is 0 Å². The minimum absolute atomic E-state index is 0.0921. The summed E-state index contributed by atoms with van der Waals surface area (Å²) in [6.07, 6.45) is -4.60. The van der Waals surface area contributed by atoms with E-state index >= 15 is 8.42 Å². The zero-order valence-corrected chi connectivity index (χ0v) is 54.4. The van der Waals surface area contributed by atoms with Crippen LogP contribution in [0.3, 0.4) is 0 Å². The second kappa shape index (κ2) is 24.7. The van der Waals surface area contributed by atoms with Gasteiger partial charge < -0.3 is 44.7 Å². The van der Waals surface area contributed by atoms with E-state index in [4.69, 9.17) is 0 Å². The number of sulfonamides is 2. The number of carbonyl (C=O) groups excluding carboxylic acids is 6. The zero-order valence-electron chi connectivity index (χ0n) is 52.7. The van der Waals surface area contributed by atoms with E-state index in [0.717, 1.165) is 8.61 Å². The molecule has 6 aromatic carbocycles. The summed E-state index contributed by atoms with van der Waals surface area (Å²) in [7, 11) is -9.91. The SMILES string of the molecule is CC1(S(=O)(=O)N(c2cccc(-c3ccc(C(=O)N4CCN(C(=O)C5(O)CC5)CC4)cc3)c2)c2ccccc2-c2ccc(C(=O)N3CCN(C(=O)C4(O)CC4)CC3)cc2)CC1N(c1cccc(-c2ccc(C(=O)N3CCN(C(=O)C4(O)CC4)CC3)cc2)c1)S(=O)(=O)CCC(F)(F)F. The first-order valence-corrected chi connectivity index (χ1v) is 35.3. The number of piperazine rings is 3. The van der Waals surface area contributed by atoms with Crippen molar-refractivity contribution < 1.29 is 74.1 Å². The van der Waals surface area contributed by atoms with Crippen molar-refractivity contribution in [2.45, 2.75) is 92.1 Å². The van der Waals surface area contributed by atoms with Crippen LogP contribution in [-0.4, -0.2) is 215 Å². The standard InChI is InChI=1S/C70H73F3N8O13S2/c1-66(46-59(66)81(95(91,92)43-30-70(71,72)73)56-9-5-7-54(45-56)48-14-20-51(21-15-48)61(83)75-33-39-78(40-34-75)64(86)68(89)26-27-68)96(93,94)80(55-8-4-6-53(44-55)47-12-18-50(19-13-47)60(82)74-31-37-77(38-32-74)63(85)67(88)24-25-67)58-11-3-2-10-57(58)49-16-22-52(23-17-49)62(84)76-35-41-79(42-36-76)65(87)69(90)28-29-69/h2-23,44-45,59,88-90H,24-43,46H2,1H3. The van der Waals surface area contributed by atoms with Crippen molar-refractivity contribution in [2.75, 3.05) is 92.9 Å². The van der Waals surface area contributed by atoms with Crippen molar-refractivity contribution in [1.82, 2.24) is 29.4 Å². The Morgan fingerprint density at radius 3 is 1.20 bits per heavy atom. The minimum atomic E-state index is -4.99. The average molecular weight is 1360 g/mol. The molecule has 7 fully saturated rings. The second-order valence-electron chi connectivity index (χ2n) is 26.5. The molecule has 7 aliphatic rings. The van der Waals surface area contributed by atoms with Gasteiger partial charge in [0.1, 0.15) is 21.6 Å². The number of amides is 6. The van der Waals surface area contributed by atoms with Crippen LogP contribution in [0.15, 0.2) is 146 Å². The normalized spacial score (nSPS) is 21.1. The van der Waals surface area contributed by atoms with Crippen LogP contribution >= 0.6 is 0 Å². The number of alkyl halides is 3. The lowest BCUT2D eigenvalue weighted by atomic mass is 10.0. The van der Waals surface area contributed by atoms with Gasteiger partial charge in [-0.15, -0.1) is 0 Å². The van der Waals surface area contributed by atoms with Crippen LogP contribution in [0, 0.1) is 0 Å². The zero-order chi connectivity index (χ0) is 67.9. The molecule has 0 aromatic heterocycles. The Labute approximate surface area is 554 Å². The van der Waals surface area contributed by atoms with Crippen LogP contribution in [0.25, 0.3) is 33.4 Å². The van der Waals surface area contributed by atoms with E-state index in [1.807, 2.05) is 0 Å². The van der Waals surface area contributed by atoms with Crippen molar-refractivity contribution in [3.63, 3.8) is 0 Å². The Balaban J connectivity index is 0.808. The van der Waals surface area contributed by atoms with Gasteiger partial charge in [0.25, 0.3) is 35.4 Å². The molecular weight excluding hydrogens is 1280 g/mol. The summed E-state index contributed by atoms with van der Waals surface area (Å²) < 4.78 is 104. The van der Waals surface area contributed by atoms with E-state index < -0.39 is 66.0 Å². The third kappa shape index (κ3) is 13.0. The number of hydrogen-bond acceptors (Lipinski definition) is 13. The number of para-hydroxylation sites is 1. The molecule has 6 aromatic rings. The van der Waals surface area contributed by atoms with Gasteiger partial charge in [0.15, 0.2) is 0 Å². The lowest BCUT2D eigenvalue weighted by Gasteiger charge is -2.35. The third-order valence-electron chi connectivity index (χ3n) is 19.8. The molecule has 0 radical (unpaired) electrons. The molecule has 2 unspecified atom stereocenters. The van der Waals surface area contributed by atoms with E-state index in [1.165, 1.54) is 25.1 Å². The Morgan fingerprint density at radius 2 is 0.812 bits per heavy atom. The summed E-state index contributed by atoms with van der Waals surface area (Å²) in [5.74, 6) is -3.32. The molecule has 0 bridgehead atoms. The lowest BCUT2D eigenvalue weighted by Crippen LogP contribution is -2.53. The van der Waals surface area contributed by atoms with E-state index in [0.29, 0.717) is 88.6 Å². The maximum Gasteiger partial charge on any atom is 0.390 e. The molecule has 2 atom stereocenters. The van der Waals surface area contributed by atoms with Gasteiger partial charge in [-0.3, -0.25) is 33.1 Å². The smallest absolute Gasteiger partial charge is 0.380 e. The van der Waals surface area contributed by atoms with E-state index in [1.54, 1.807) is 157 Å². The Bertz CT molecular complexity index is 4300. The summed E-state index contributed by atoms with van der Waals surface area (Å²) >= 11 is 0. The highest BCUT2D eigenvalue weighted by Crippen LogP contribution is 2.55. The highest BCUT2D eigenvalue weighted by Gasteiger charge is 2.67. The Hall–Kier alpha value is -8.69. The Kier molecular flexibility index (Phi) is 17.0. The number of rotatable bonds is 18. The molecule has 3 heterocycles. The molecular formula is C70H73F3N8O13S2. The molecule has 3 aliphatic heterocycles. The van der Waals surface area contributed by atoms with Gasteiger partial charge in [-0.1, -0.05) is 78.9 Å². The predicted octanol–water partition coefficient (Wildman–Crippen LogP) is 6.90.